The van der Waals surface area contributed by atoms with Crippen molar-refractivity contribution in [2.75, 3.05) is 27.2 Å². The molecule has 440 valence electrons. The zero-order valence-corrected chi connectivity index (χ0v) is 49.6. The van der Waals surface area contributed by atoms with Crippen molar-refractivity contribution in [2.45, 2.75) is 168 Å². The van der Waals surface area contributed by atoms with Crippen molar-refractivity contribution in [3.8, 4) is 0 Å². The number of nitrogens with zero attached hydrogens (tertiary/aromatic N) is 2. The van der Waals surface area contributed by atoms with Gasteiger partial charge in [0.2, 0.25) is 33.7 Å². The maximum atomic E-state index is 14.4. The van der Waals surface area contributed by atoms with Crippen LogP contribution in [0.4, 0.5) is 4.79 Å². The molecule has 5 atom stereocenters. The number of benzene rings is 2. The fourth-order valence-corrected chi connectivity index (χ4v) is 11.2. The number of nitrogens with one attached hydrogen (secondary N) is 6. The molecule has 1 aliphatic carbocycles. The van der Waals surface area contributed by atoms with Crippen LogP contribution in [0.2, 0.25) is 0 Å². The van der Waals surface area contributed by atoms with Crippen LogP contribution in [0, 0.1) is 23.2 Å². The minimum atomic E-state index is -4.25. The third-order valence-electron chi connectivity index (χ3n) is 15.0. The summed E-state index contributed by atoms with van der Waals surface area (Å²) in [6.45, 7) is 18.7. The van der Waals surface area contributed by atoms with Crippen molar-refractivity contribution < 1.29 is 51.6 Å². The first-order chi connectivity index (χ1) is 37.3. The SMILES string of the molecule is CN[C@H](C(=O)N[C@H](C(=O)N(C)[C@H](/C=C(\C)C(=O)NS(=O)(=O)Cc1ccc(C2(NC(=O)[C@H](CCCNC(N)=O)CC(=O)[C@@H](NC(=O)CCCCCN3C(=O)C=CC3=O)C(C)C)CC2)cc1)C(C)C)C(C)(C)C)C(C)(C)c1ccccc1. The highest BCUT2D eigenvalue weighted by atomic mass is 32.2. The molecule has 80 heavy (non-hydrogen) atoms. The molecule has 0 aromatic heterocycles. The summed E-state index contributed by atoms with van der Waals surface area (Å²) in [5, 5.41) is 14.6. The smallest absolute Gasteiger partial charge is 0.312 e. The molecule has 4 rings (SSSR count). The van der Waals surface area contributed by atoms with Crippen LogP contribution in [0.3, 0.4) is 0 Å². The van der Waals surface area contributed by atoms with Gasteiger partial charge in [-0.05, 0) is 86.4 Å². The average Bonchev–Trinajstić information content (AvgIpc) is 4.09. The first-order valence-corrected chi connectivity index (χ1v) is 29.3. The molecular formula is C59H87N9O11S. The number of ketones is 1. The number of amides is 9. The van der Waals surface area contributed by atoms with E-state index in [1.807, 2.05) is 78.8 Å². The second-order valence-electron chi connectivity index (χ2n) is 23.7. The number of unbranched alkanes of at least 4 members (excludes halogenated alkanes) is 2. The van der Waals surface area contributed by atoms with Gasteiger partial charge in [-0.1, -0.05) is 129 Å². The number of urea groups is 1. The van der Waals surface area contributed by atoms with E-state index in [4.69, 9.17) is 5.73 Å². The van der Waals surface area contributed by atoms with Gasteiger partial charge in [0.25, 0.3) is 17.7 Å². The molecule has 0 spiro atoms. The van der Waals surface area contributed by atoms with Crippen LogP contribution < -0.4 is 37.0 Å². The quantitative estimate of drug-likeness (QED) is 0.0301. The Hall–Kier alpha value is -6.74. The first kappa shape index (κ1) is 65.8. The summed E-state index contributed by atoms with van der Waals surface area (Å²) in [5.74, 6) is -5.31. The van der Waals surface area contributed by atoms with Crippen molar-refractivity contribution in [1.29, 1.82) is 0 Å². The summed E-state index contributed by atoms with van der Waals surface area (Å²) in [5.41, 5.74) is 5.18. The molecular weight excluding hydrogens is 1040 g/mol. The number of nitrogens with two attached hydrogens (primary N) is 1. The van der Waals surface area contributed by atoms with Crippen molar-refractivity contribution in [1.82, 2.24) is 41.1 Å². The predicted octanol–water partition coefficient (Wildman–Crippen LogP) is 4.91. The van der Waals surface area contributed by atoms with Crippen LogP contribution >= 0.6 is 0 Å². The summed E-state index contributed by atoms with van der Waals surface area (Å²) in [6.07, 6.45) is 7.20. The van der Waals surface area contributed by atoms with Gasteiger partial charge in [0.05, 0.1) is 29.4 Å². The summed E-state index contributed by atoms with van der Waals surface area (Å²) in [7, 11) is -0.951. The maximum absolute atomic E-state index is 14.4. The minimum absolute atomic E-state index is 0.0632. The number of primary amides is 1. The standard InChI is InChI=1S/C59H87N9O11S/c1-37(2)44(67(12)55(76)51(57(6,7)8)64-54(75)50(61-11)58(9,10)42-21-15-13-16-22-42)34-39(5)52(73)66-80(78,79)36-40-24-26-43(27-25-40)59(30-31-59)65-53(74)41(20-19-32-62-56(60)77)35-45(69)49(38(3)4)63-46(70)23-17-14-18-33-68-47(71)28-29-48(68)72/h13,15-16,21-22,24-29,34,37-38,41,44,49-51,61H,14,17-20,23,30-33,35-36H2,1-12H3,(H,63,70)(H,64,75)(H,65,74)(H,66,73)(H3,60,62,77)/b39-34+/t41-,44-,49+,50-,51-/m1/s1. The molecule has 0 unspecified atom stereocenters. The number of sulfonamides is 1. The van der Waals surface area contributed by atoms with E-state index in [2.05, 4.69) is 31.3 Å². The lowest BCUT2D eigenvalue weighted by Gasteiger charge is -2.40. The molecule has 1 fully saturated rings. The third-order valence-corrected chi connectivity index (χ3v) is 16.2. The highest BCUT2D eigenvalue weighted by molar-refractivity contribution is 7.89. The Morgan fingerprint density at radius 2 is 1.41 bits per heavy atom. The van der Waals surface area contributed by atoms with E-state index in [9.17, 15) is 51.6 Å². The van der Waals surface area contributed by atoms with Gasteiger partial charge in [0.15, 0.2) is 5.78 Å². The number of carbonyl (C=O) groups excluding carboxylic acids is 9. The molecule has 2 aliphatic rings. The largest absolute Gasteiger partial charge is 0.352 e. The predicted molar refractivity (Wildman–Crippen MR) is 306 cm³/mol. The molecule has 21 heteroatoms. The fraction of sp³-hybridized carbons (Fsp3) is 0.576. The lowest BCUT2D eigenvalue weighted by molar-refractivity contribution is -0.141. The van der Waals surface area contributed by atoms with Gasteiger partial charge >= 0.3 is 6.03 Å². The Kier molecular flexibility index (Phi) is 23.5. The number of rotatable bonds is 31. The Balaban J connectivity index is 1.39. The number of imide groups is 1. The molecule has 20 nitrogen and oxygen atoms in total. The van der Waals surface area contributed by atoms with Gasteiger partial charge in [-0.2, -0.15) is 0 Å². The van der Waals surface area contributed by atoms with E-state index in [0.29, 0.717) is 49.7 Å². The van der Waals surface area contributed by atoms with Crippen molar-refractivity contribution in [3.63, 3.8) is 0 Å². The van der Waals surface area contributed by atoms with E-state index in [1.165, 1.54) is 24.0 Å². The van der Waals surface area contributed by atoms with E-state index < -0.39 is 80.1 Å². The van der Waals surface area contributed by atoms with Gasteiger partial charge in [-0.3, -0.25) is 43.3 Å². The first-order valence-electron chi connectivity index (χ1n) is 27.7. The molecule has 1 saturated carbocycles. The molecule has 1 aliphatic heterocycles. The Bertz CT molecular complexity index is 2710. The van der Waals surface area contributed by atoms with Crippen LogP contribution in [0.15, 0.2) is 78.4 Å². The molecule has 9 amide bonds. The maximum Gasteiger partial charge on any atom is 0.312 e. The normalized spacial score (nSPS) is 16.3. The van der Waals surface area contributed by atoms with Crippen molar-refractivity contribution in [3.05, 3.63) is 95.1 Å². The molecule has 2 aromatic rings. The summed E-state index contributed by atoms with van der Waals surface area (Å²) >= 11 is 0. The zero-order chi connectivity index (χ0) is 59.9. The lowest BCUT2D eigenvalue weighted by Crippen LogP contribution is -2.61. The van der Waals surface area contributed by atoms with Crippen LogP contribution in [-0.2, 0) is 65.1 Å². The number of Topliss-reactive ketones (excluding diaryl/α,β-unsaturated/α-hetero) is 1. The number of hydrogen-bond donors (Lipinski definition) is 7. The summed E-state index contributed by atoms with van der Waals surface area (Å²) in [4.78, 5) is 121. The van der Waals surface area contributed by atoms with E-state index >= 15 is 0 Å². The van der Waals surface area contributed by atoms with E-state index in [-0.39, 0.29) is 85.1 Å². The average molecular weight is 1130 g/mol. The molecule has 0 saturated heterocycles. The summed E-state index contributed by atoms with van der Waals surface area (Å²) < 4.78 is 29.2. The minimum Gasteiger partial charge on any atom is -0.352 e. The van der Waals surface area contributed by atoms with Gasteiger partial charge < -0.3 is 37.2 Å². The highest BCUT2D eigenvalue weighted by Crippen LogP contribution is 2.46. The Morgan fingerprint density at radius 1 is 0.800 bits per heavy atom. The zero-order valence-electron chi connectivity index (χ0n) is 48.8. The van der Waals surface area contributed by atoms with Crippen molar-refractivity contribution in [2.24, 2.45) is 28.9 Å². The molecule has 2 aromatic carbocycles. The third kappa shape index (κ3) is 18.7. The van der Waals surface area contributed by atoms with Crippen molar-refractivity contribution >= 4 is 63.2 Å². The Morgan fingerprint density at radius 3 is 1.95 bits per heavy atom. The number of likely N-dealkylation sites (N-methyl/N-ethyl adjacent to an activating group) is 2. The summed E-state index contributed by atoms with van der Waals surface area (Å²) in [6, 6.07) is 12.3. The highest BCUT2D eigenvalue weighted by Gasteiger charge is 2.47. The van der Waals surface area contributed by atoms with E-state index in [1.54, 1.807) is 58.3 Å². The van der Waals surface area contributed by atoms with Crippen LogP contribution in [0.25, 0.3) is 0 Å². The van der Waals surface area contributed by atoms with Gasteiger partial charge in [0.1, 0.15) is 6.04 Å². The van der Waals surface area contributed by atoms with Crippen LogP contribution in [0.1, 0.15) is 144 Å². The number of hydrogen-bond acceptors (Lipinski definition) is 12. The Labute approximate surface area is 473 Å². The molecule has 0 bridgehead atoms. The molecule has 0 radical (unpaired) electrons. The topological polar surface area (TPSA) is 292 Å². The molecule has 1 heterocycles. The van der Waals surface area contributed by atoms with Gasteiger partial charge in [0, 0.05) is 62.0 Å². The lowest BCUT2D eigenvalue weighted by atomic mass is 9.76. The monoisotopic (exact) mass is 1130 g/mol. The van der Waals surface area contributed by atoms with E-state index in [0.717, 1.165) is 10.5 Å². The molecule has 8 N–H and O–H groups in total. The van der Waals surface area contributed by atoms with Crippen LogP contribution in [0.5, 0.6) is 0 Å². The second kappa shape index (κ2) is 28.6. The van der Waals surface area contributed by atoms with Gasteiger partial charge in [-0.25, -0.2) is 17.9 Å². The van der Waals surface area contributed by atoms with Crippen LogP contribution in [-0.4, -0.2) is 123 Å². The van der Waals surface area contributed by atoms with Gasteiger partial charge in [-0.15, -0.1) is 0 Å². The fourth-order valence-electron chi connectivity index (χ4n) is 10.0. The second-order valence-corrected chi connectivity index (χ2v) is 25.4. The number of carbonyl (C=O) groups is 9.